The Hall–Kier alpha value is -2.55. The Kier molecular flexibility index (Phi) is 3.93. The third kappa shape index (κ3) is 2.47. The van der Waals surface area contributed by atoms with Crippen molar-refractivity contribution in [3.63, 3.8) is 0 Å². The standard InChI is InChI=1S/C27H28O3/c1-27-14-13-20-18-9-11-24-22(15-25(30-24)16-3-5-17(29-2)6-4-16)19(18)7-8-21(20)23(27)10-12-26(27)28/h3-6,9,11,15,20-21,23H,7-8,10,12-14H2,1-2H3/t20-,21-,23+,27-/m1/s1. The number of methoxy groups -OCH3 is 1. The van der Waals surface area contributed by atoms with Gasteiger partial charge in [-0.3, -0.25) is 4.79 Å². The molecule has 0 aliphatic heterocycles. The van der Waals surface area contributed by atoms with Crippen molar-refractivity contribution in [1.82, 2.24) is 0 Å². The molecule has 3 heteroatoms. The van der Waals surface area contributed by atoms with Crippen LogP contribution in [0, 0.1) is 17.3 Å². The summed E-state index contributed by atoms with van der Waals surface area (Å²) in [6.07, 6.45) is 6.39. The maximum absolute atomic E-state index is 12.6. The van der Waals surface area contributed by atoms with Crippen molar-refractivity contribution in [1.29, 1.82) is 0 Å². The van der Waals surface area contributed by atoms with Crippen molar-refractivity contribution in [2.45, 2.75) is 51.4 Å². The van der Waals surface area contributed by atoms with E-state index in [9.17, 15) is 4.79 Å². The van der Waals surface area contributed by atoms with Crippen LogP contribution in [0.2, 0.25) is 0 Å². The van der Waals surface area contributed by atoms with E-state index in [0.29, 0.717) is 23.5 Å². The van der Waals surface area contributed by atoms with Gasteiger partial charge in [0.1, 0.15) is 22.9 Å². The SMILES string of the molecule is COc1ccc(-c2cc3c4c(ccc3o2)[C@H]2CC[C@@]3(C)C(=O)CC[C@H]3[C@@H]2CC4)cc1. The number of furan rings is 1. The van der Waals surface area contributed by atoms with Gasteiger partial charge in [-0.1, -0.05) is 13.0 Å². The zero-order valence-electron chi connectivity index (χ0n) is 17.7. The molecule has 3 nitrogen and oxygen atoms in total. The smallest absolute Gasteiger partial charge is 0.139 e. The van der Waals surface area contributed by atoms with E-state index >= 15 is 0 Å². The van der Waals surface area contributed by atoms with Crippen molar-refractivity contribution in [3.8, 4) is 17.1 Å². The number of Topliss-reactive ketones (excluding diaryl/α,β-unsaturated/α-hetero) is 1. The van der Waals surface area contributed by atoms with Crippen LogP contribution in [0.5, 0.6) is 5.75 Å². The molecule has 0 spiro atoms. The lowest BCUT2D eigenvalue weighted by Crippen LogP contribution is -2.42. The van der Waals surface area contributed by atoms with E-state index < -0.39 is 0 Å². The van der Waals surface area contributed by atoms with E-state index in [-0.39, 0.29) is 5.41 Å². The Morgan fingerprint density at radius 2 is 1.87 bits per heavy atom. The zero-order chi connectivity index (χ0) is 20.5. The molecule has 3 aliphatic carbocycles. The van der Waals surface area contributed by atoms with Crippen molar-refractivity contribution in [3.05, 3.63) is 53.6 Å². The largest absolute Gasteiger partial charge is 0.497 e. The molecular formula is C27H28O3. The molecule has 1 aromatic heterocycles. The highest BCUT2D eigenvalue weighted by molar-refractivity contribution is 5.88. The van der Waals surface area contributed by atoms with Gasteiger partial charge in [0.25, 0.3) is 0 Å². The second-order valence-electron chi connectivity index (χ2n) is 9.72. The van der Waals surface area contributed by atoms with E-state index in [2.05, 4.69) is 37.3 Å². The van der Waals surface area contributed by atoms with Crippen LogP contribution in [0.25, 0.3) is 22.3 Å². The van der Waals surface area contributed by atoms with Crippen molar-refractivity contribution < 1.29 is 13.9 Å². The Labute approximate surface area is 177 Å². The van der Waals surface area contributed by atoms with Gasteiger partial charge in [0, 0.05) is 22.8 Å². The Bertz CT molecular complexity index is 1140. The van der Waals surface area contributed by atoms with Crippen LogP contribution >= 0.6 is 0 Å². The van der Waals surface area contributed by atoms with E-state index in [4.69, 9.17) is 9.15 Å². The lowest BCUT2D eigenvalue weighted by Gasteiger charge is -2.48. The summed E-state index contributed by atoms with van der Waals surface area (Å²) in [7, 11) is 1.69. The van der Waals surface area contributed by atoms with E-state index in [0.717, 1.165) is 54.8 Å². The molecule has 1 heterocycles. The third-order valence-corrected chi connectivity index (χ3v) is 8.50. The quantitative estimate of drug-likeness (QED) is 0.491. The summed E-state index contributed by atoms with van der Waals surface area (Å²) in [5, 5.41) is 1.27. The number of carbonyl (C=O) groups is 1. The Morgan fingerprint density at radius 1 is 1.03 bits per heavy atom. The van der Waals surface area contributed by atoms with Crippen LogP contribution in [0.4, 0.5) is 0 Å². The summed E-state index contributed by atoms with van der Waals surface area (Å²) in [6.45, 7) is 2.25. The molecule has 30 heavy (non-hydrogen) atoms. The molecule has 0 saturated heterocycles. The Balaban J connectivity index is 1.39. The minimum absolute atomic E-state index is 0.0556. The highest BCUT2D eigenvalue weighted by atomic mass is 16.5. The second-order valence-corrected chi connectivity index (χ2v) is 9.72. The van der Waals surface area contributed by atoms with Crippen molar-refractivity contribution in [2.75, 3.05) is 7.11 Å². The molecule has 2 saturated carbocycles. The molecule has 0 N–H and O–H groups in total. The summed E-state index contributed by atoms with van der Waals surface area (Å²) in [5.74, 6) is 4.13. The number of benzene rings is 2. The minimum Gasteiger partial charge on any atom is -0.497 e. The van der Waals surface area contributed by atoms with Crippen molar-refractivity contribution in [2.24, 2.45) is 17.3 Å². The first-order chi connectivity index (χ1) is 14.6. The molecule has 0 bridgehead atoms. The van der Waals surface area contributed by atoms with Gasteiger partial charge in [0.05, 0.1) is 7.11 Å². The molecule has 154 valence electrons. The average Bonchev–Trinajstić information content (AvgIpc) is 3.35. The number of hydrogen-bond acceptors (Lipinski definition) is 3. The number of rotatable bonds is 2. The van der Waals surface area contributed by atoms with E-state index in [1.165, 1.54) is 22.9 Å². The molecule has 0 amide bonds. The van der Waals surface area contributed by atoms with Gasteiger partial charge in [0.2, 0.25) is 0 Å². The number of ether oxygens (including phenoxy) is 1. The molecule has 0 radical (unpaired) electrons. The lowest BCUT2D eigenvalue weighted by molar-refractivity contribution is -0.129. The molecule has 3 aromatic rings. The van der Waals surface area contributed by atoms with Gasteiger partial charge >= 0.3 is 0 Å². The zero-order valence-corrected chi connectivity index (χ0v) is 17.7. The second kappa shape index (κ2) is 6.47. The molecule has 2 aromatic carbocycles. The monoisotopic (exact) mass is 400 g/mol. The van der Waals surface area contributed by atoms with Crippen LogP contribution in [0.15, 0.2) is 46.9 Å². The van der Waals surface area contributed by atoms with Gasteiger partial charge in [-0.25, -0.2) is 0 Å². The predicted molar refractivity (Wildman–Crippen MR) is 118 cm³/mol. The number of carbonyl (C=O) groups excluding carboxylic acids is 1. The summed E-state index contributed by atoms with van der Waals surface area (Å²) < 4.78 is 11.5. The van der Waals surface area contributed by atoms with Gasteiger partial charge in [0.15, 0.2) is 0 Å². The normalized spacial score (nSPS) is 30.1. The molecule has 2 fully saturated rings. The minimum atomic E-state index is -0.0556. The maximum Gasteiger partial charge on any atom is 0.139 e. The van der Waals surface area contributed by atoms with Crippen LogP contribution in [-0.4, -0.2) is 12.9 Å². The first-order valence-electron chi connectivity index (χ1n) is 11.3. The first kappa shape index (κ1) is 18.2. The van der Waals surface area contributed by atoms with Crippen LogP contribution in [-0.2, 0) is 11.2 Å². The van der Waals surface area contributed by atoms with Crippen LogP contribution in [0.1, 0.15) is 56.1 Å². The summed E-state index contributed by atoms with van der Waals surface area (Å²) in [4.78, 5) is 12.6. The number of fused-ring (bicyclic) bond motifs is 7. The van der Waals surface area contributed by atoms with E-state index in [1.807, 2.05) is 12.1 Å². The average molecular weight is 401 g/mol. The van der Waals surface area contributed by atoms with Gasteiger partial charge in [-0.15, -0.1) is 0 Å². The summed E-state index contributed by atoms with van der Waals surface area (Å²) in [6, 6.07) is 14.8. The lowest BCUT2D eigenvalue weighted by atomic mass is 9.55. The topological polar surface area (TPSA) is 39.4 Å². The summed E-state index contributed by atoms with van der Waals surface area (Å²) in [5.41, 5.74) is 4.99. The van der Waals surface area contributed by atoms with E-state index in [1.54, 1.807) is 7.11 Å². The Morgan fingerprint density at radius 3 is 2.67 bits per heavy atom. The fourth-order valence-corrected chi connectivity index (χ4v) is 6.87. The molecule has 0 unspecified atom stereocenters. The molecule has 3 aliphatic rings. The maximum atomic E-state index is 12.6. The number of hydrogen-bond donors (Lipinski definition) is 0. The first-order valence-corrected chi connectivity index (χ1v) is 11.3. The van der Waals surface area contributed by atoms with Crippen LogP contribution < -0.4 is 4.74 Å². The molecule has 6 rings (SSSR count). The number of ketones is 1. The highest BCUT2D eigenvalue weighted by Gasteiger charge is 2.54. The predicted octanol–water partition coefficient (Wildman–Crippen LogP) is 6.53. The van der Waals surface area contributed by atoms with Crippen LogP contribution in [0.3, 0.4) is 0 Å². The van der Waals surface area contributed by atoms with Crippen molar-refractivity contribution >= 4 is 16.8 Å². The highest BCUT2D eigenvalue weighted by Crippen LogP contribution is 2.60. The number of aryl methyl sites for hydroxylation is 1. The molecule has 4 atom stereocenters. The van der Waals surface area contributed by atoms with Gasteiger partial charge in [-0.2, -0.15) is 0 Å². The van der Waals surface area contributed by atoms with Gasteiger partial charge < -0.3 is 9.15 Å². The molecular weight excluding hydrogens is 372 g/mol. The fourth-order valence-electron chi connectivity index (χ4n) is 6.87. The fraction of sp³-hybridized carbons (Fsp3) is 0.444. The summed E-state index contributed by atoms with van der Waals surface area (Å²) >= 11 is 0. The third-order valence-electron chi connectivity index (χ3n) is 8.50. The van der Waals surface area contributed by atoms with Gasteiger partial charge in [-0.05, 0) is 97.4 Å².